The second-order valence-electron chi connectivity index (χ2n) is 3.54. The molecule has 0 aromatic carbocycles. The molecule has 0 heterocycles. The van der Waals surface area contributed by atoms with Crippen LogP contribution in [-0.4, -0.2) is 11.1 Å². The first-order chi connectivity index (χ1) is 4.79. The fourth-order valence-corrected chi connectivity index (χ4v) is 2.22. The Labute approximate surface area is 60.2 Å². The second-order valence-corrected chi connectivity index (χ2v) is 3.54. The molecule has 2 saturated carbocycles. The Hall–Kier alpha value is -0.530. The van der Waals surface area contributed by atoms with Crippen molar-refractivity contribution in [1.29, 1.82) is 0 Å². The van der Waals surface area contributed by atoms with E-state index in [9.17, 15) is 4.79 Å². The third-order valence-electron chi connectivity index (χ3n) is 2.90. The highest BCUT2D eigenvalue weighted by Crippen LogP contribution is 2.52. The number of carboxylic acids is 1. The summed E-state index contributed by atoms with van der Waals surface area (Å²) >= 11 is 0. The zero-order valence-electron chi connectivity index (χ0n) is 5.92. The molecule has 0 radical (unpaired) electrons. The van der Waals surface area contributed by atoms with Crippen molar-refractivity contribution in [3.8, 4) is 0 Å². The monoisotopic (exact) mass is 140 g/mol. The van der Waals surface area contributed by atoms with Gasteiger partial charge in [0.1, 0.15) is 0 Å². The molecule has 3 atom stereocenters. The van der Waals surface area contributed by atoms with E-state index >= 15 is 0 Å². The predicted octanol–water partition coefficient (Wildman–Crippen LogP) is 1.51. The van der Waals surface area contributed by atoms with Crippen molar-refractivity contribution in [2.75, 3.05) is 0 Å². The lowest BCUT2D eigenvalue weighted by Crippen LogP contribution is -2.19. The van der Waals surface area contributed by atoms with Crippen LogP contribution in [0.25, 0.3) is 0 Å². The average Bonchev–Trinajstić information content (AvgIpc) is 2.63. The number of carboxylic acid groups (broad SMARTS) is 1. The van der Waals surface area contributed by atoms with Gasteiger partial charge < -0.3 is 5.11 Å². The minimum Gasteiger partial charge on any atom is -0.481 e. The third kappa shape index (κ3) is 0.825. The maximum absolute atomic E-state index is 10.6. The molecule has 2 nitrogen and oxygen atoms in total. The molecular weight excluding hydrogens is 128 g/mol. The molecule has 2 fully saturated rings. The topological polar surface area (TPSA) is 37.3 Å². The van der Waals surface area contributed by atoms with Crippen LogP contribution in [0.2, 0.25) is 0 Å². The molecule has 2 aliphatic carbocycles. The van der Waals surface area contributed by atoms with Gasteiger partial charge in [-0.15, -0.1) is 0 Å². The predicted molar refractivity (Wildman–Crippen MR) is 36.6 cm³/mol. The Bertz CT molecular complexity index is 165. The molecule has 0 amide bonds. The van der Waals surface area contributed by atoms with E-state index in [1.807, 2.05) is 0 Å². The third-order valence-corrected chi connectivity index (χ3v) is 2.90. The molecule has 2 heteroatoms. The highest BCUT2D eigenvalue weighted by molar-refractivity contribution is 5.71. The van der Waals surface area contributed by atoms with Crippen molar-refractivity contribution in [1.82, 2.24) is 0 Å². The molecule has 0 bridgehead atoms. The van der Waals surface area contributed by atoms with Gasteiger partial charge in [-0.25, -0.2) is 0 Å². The summed E-state index contributed by atoms with van der Waals surface area (Å²) in [7, 11) is 0. The Morgan fingerprint density at radius 3 is 2.80 bits per heavy atom. The minimum atomic E-state index is -0.563. The molecule has 0 spiro atoms. The van der Waals surface area contributed by atoms with Gasteiger partial charge in [-0.2, -0.15) is 0 Å². The number of hydrogen-bond donors (Lipinski definition) is 1. The Morgan fingerprint density at radius 1 is 1.40 bits per heavy atom. The van der Waals surface area contributed by atoms with Crippen LogP contribution >= 0.6 is 0 Å². The summed E-state index contributed by atoms with van der Waals surface area (Å²) in [5.74, 6) is 0.798. The van der Waals surface area contributed by atoms with Gasteiger partial charge in [0, 0.05) is 0 Å². The molecule has 0 aliphatic heterocycles. The summed E-state index contributed by atoms with van der Waals surface area (Å²) in [6.45, 7) is 0. The van der Waals surface area contributed by atoms with Gasteiger partial charge in [-0.3, -0.25) is 4.79 Å². The van der Waals surface area contributed by atoms with Crippen LogP contribution in [-0.2, 0) is 4.79 Å². The summed E-state index contributed by atoms with van der Waals surface area (Å²) in [4.78, 5) is 10.6. The van der Waals surface area contributed by atoms with E-state index in [0.29, 0.717) is 5.92 Å². The Kier molecular flexibility index (Phi) is 1.22. The highest BCUT2D eigenvalue weighted by atomic mass is 16.4. The lowest BCUT2D eigenvalue weighted by Gasteiger charge is -2.16. The molecule has 2 rings (SSSR count). The standard InChI is InChI=1S/C8H12O2/c9-8(10)6-3-1-2-5-4-7(5)6/h5-7H,1-4H2,(H,9,10)/t5-,6+,7-/m0/s1. The number of hydrogen-bond acceptors (Lipinski definition) is 1. The van der Waals surface area contributed by atoms with E-state index in [2.05, 4.69) is 0 Å². The van der Waals surface area contributed by atoms with Crippen LogP contribution in [0, 0.1) is 17.8 Å². The largest absolute Gasteiger partial charge is 0.481 e. The van der Waals surface area contributed by atoms with Gasteiger partial charge in [-0.05, 0) is 24.7 Å². The fourth-order valence-electron chi connectivity index (χ4n) is 2.22. The van der Waals surface area contributed by atoms with Gasteiger partial charge in [0.05, 0.1) is 5.92 Å². The maximum atomic E-state index is 10.6. The maximum Gasteiger partial charge on any atom is 0.306 e. The first-order valence-corrected chi connectivity index (χ1v) is 4.02. The summed E-state index contributed by atoms with van der Waals surface area (Å²) in [6, 6.07) is 0. The summed E-state index contributed by atoms with van der Waals surface area (Å²) < 4.78 is 0. The lowest BCUT2D eigenvalue weighted by atomic mass is 9.89. The number of fused-ring (bicyclic) bond motifs is 1. The van der Waals surface area contributed by atoms with Gasteiger partial charge in [0.25, 0.3) is 0 Å². The molecule has 2 aliphatic rings. The molecule has 0 aromatic heterocycles. The smallest absolute Gasteiger partial charge is 0.306 e. The van der Waals surface area contributed by atoms with Gasteiger partial charge >= 0.3 is 5.97 Å². The normalized spacial score (nSPS) is 44.2. The van der Waals surface area contributed by atoms with E-state index < -0.39 is 5.97 Å². The molecule has 0 unspecified atom stereocenters. The quantitative estimate of drug-likeness (QED) is 0.599. The zero-order chi connectivity index (χ0) is 7.14. The van der Waals surface area contributed by atoms with E-state index in [0.717, 1.165) is 18.8 Å². The van der Waals surface area contributed by atoms with Crippen molar-refractivity contribution in [3.05, 3.63) is 0 Å². The van der Waals surface area contributed by atoms with Crippen molar-refractivity contribution in [2.45, 2.75) is 25.7 Å². The summed E-state index contributed by atoms with van der Waals surface area (Å²) in [6.07, 6.45) is 4.54. The van der Waals surface area contributed by atoms with Gasteiger partial charge in [-0.1, -0.05) is 12.8 Å². The lowest BCUT2D eigenvalue weighted by molar-refractivity contribution is -0.143. The summed E-state index contributed by atoms with van der Waals surface area (Å²) in [5.41, 5.74) is 0. The first-order valence-electron chi connectivity index (χ1n) is 4.02. The van der Waals surface area contributed by atoms with Crippen LogP contribution in [0.5, 0.6) is 0 Å². The fraction of sp³-hybridized carbons (Fsp3) is 0.875. The molecule has 56 valence electrons. The zero-order valence-corrected chi connectivity index (χ0v) is 5.92. The average molecular weight is 140 g/mol. The van der Waals surface area contributed by atoms with Crippen LogP contribution in [0.4, 0.5) is 0 Å². The van der Waals surface area contributed by atoms with Crippen molar-refractivity contribution in [3.63, 3.8) is 0 Å². The van der Waals surface area contributed by atoms with Crippen LogP contribution in [0.15, 0.2) is 0 Å². The molecule has 1 N–H and O–H groups in total. The molecular formula is C8H12O2. The van der Waals surface area contributed by atoms with Crippen LogP contribution < -0.4 is 0 Å². The SMILES string of the molecule is O=C(O)[C@@H]1CCC[C@H]2C[C@@H]21. The van der Waals surface area contributed by atoms with Crippen LogP contribution in [0.1, 0.15) is 25.7 Å². The molecule has 0 saturated heterocycles. The Balaban J connectivity index is 2.02. The number of rotatable bonds is 1. The highest BCUT2D eigenvalue weighted by Gasteiger charge is 2.47. The van der Waals surface area contributed by atoms with Crippen LogP contribution in [0.3, 0.4) is 0 Å². The molecule has 0 aromatic rings. The van der Waals surface area contributed by atoms with Crippen molar-refractivity contribution < 1.29 is 9.90 Å². The molecule has 10 heavy (non-hydrogen) atoms. The van der Waals surface area contributed by atoms with E-state index in [1.165, 1.54) is 12.8 Å². The number of carbonyl (C=O) groups is 1. The van der Waals surface area contributed by atoms with E-state index in [1.54, 1.807) is 0 Å². The van der Waals surface area contributed by atoms with E-state index in [-0.39, 0.29) is 5.92 Å². The second kappa shape index (κ2) is 1.97. The Morgan fingerprint density at radius 2 is 2.20 bits per heavy atom. The first kappa shape index (κ1) is 6.20. The van der Waals surface area contributed by atoms with Crippen molar-refractivity contribution >= 4 is 5.97 Å². The van der Waals surface area contributed by atoms with E-state index in [4.69, 9.17) is 5.11 Å². The van der Waals surface area contributed by atoms with Crippen molar-refractivity contribution in [2.24, 2.45) is 17.8 Å². The number of aliphatic carboxylic acids is 1. The van der Waals surface area contributed by atoms with Gasteiger partial charge in [0.15, 0.2) is 0 Å². The minimum absolute atomic E-state index is 0.0127. The van der Waals surface area contributed by atoms with Gasteiger partial charge in [0.2, 0.25) is 0 Å². The summed E-state index contributed by atoms with van der Waals surface area (Å²) in [5, 5.41) is 8.74.